The van der Waals surface area contributed by atoms with Crippen LogP contribution in [0.3, 0.4) is 0 Å². The van der Waals surface area contributed by atoms with Crippen LogP contribution in [-0.2, 0) is 9.53 Å². The number of hydrogen-bond acceptors (Lipinski definition) is 3. The summed E-state index contributed by atoms with van der Waals surface area (Å²) in [6, 6.07) is 0. The lowest BCUT2D eigenvalue weighted by Gasteiger charge is -2.26. The van der Waals surface area contributed by atoms with E-state index in [0.29, 0.717) is 23.5 Å². The number of carbonyl (C=O) groups excluding carboxylic acids is 1. The smallest absolute Gasteiger partial charge is 0.310 e. The summed E-state index contributed by atoms with van der Waals surface area (Å²) in [7, 11) is 0. The highest BCUT2D eigenvalue weighted by atomic mass is 32.1. The topological polar surface area (TPSA) is 26.3 Å². The molecule has 0 unspecified atom stereocenters. The number of hydrogen-bond donors (Lipinski definition) is 1. The molecule has 3 heteroatoms. The molecule has 18 heavy (non-hydrogen) atoms. The summed E-state index contributed by atoms with van der Waals surface area (Å²) in [6.45, 7) is 8.45. The zero-order valence-corrected chi connectivity index (χ0v) is 11.5. The SMILES string of the molecule is C=C1CC[C@H]2C(=C)CC[C@H]3[C@H](OC(=O)[C@@H]3CS)[C@@H]12. The predicted molar refractivity (Wildman–Crippen MR) is 74.4 cm³/mol. The minimum absolute atomic E-state index is 0.0294. The maximum absolute atomic E-state index is 11.9. The van der Waals surface area contributed by atoms with E-state index >= 15 is 0 Å². The molecule has 3 fully saturated rings. The Morgan fingerprint density at radius 3 is 2.67 bits per heavy atom. The van der Waals surface area contributed by atoms with Crippen LogP contribution in [0.1, 0.15) is 25.7 Å². The van der Waals surface area contributed by atoms with Crippen molar-refractivity contribution in [2.45, 2.75) is 31.8 Å². The summed E-state index contributed by atoms with van der Waals surface area (Å²) < 4.78 is 5.69. The Balaban J connectivity index is 1.96. The van der Waals surface area contributed by atoms with Crippen LogP contribution in [0.5, 0.6) is 0 Å². The van der Waals surface area contributed by atoms with E-state index in [0.717, 1.165) is 25.7 Å². The van der Waals surface area contributed by atoms with E-state index in [1.165, 1.54) is 11.1 Å². The summed E-state index contributed by atoms with van der Waals surface area (Å²) in [5.74, 6) is 1.63. The number of allylic oxidation sites excluding steroid dienone is 1. The first-order valence-corrected chi connectivity index (χ1v) is 7.43. The van der Waals surface area contributed by atoms with Crippen molar-refractivity contribution < 1.29 is 9.53 Å². The van der Waals surface area contributed by atoms with Crippen LogP contribution in [0.15, 0.2) is 24.3 Å². The number of rotatable bonds is 1. The highest BCUT2D eigenvalue weighted by Gasteiger charge is 2.52. The van der Waals surface area contributed by atoms with Gasteiger partial charge in [0.25, 0.3) is 0 Å². The van der Waals surface area contributed by atoms with Gasteiger partial charge in [-0.2, -0.15) is 12.6 Å². The van der Waals surface area contributed by atoms with Gasteiger partial charge in [-0.25, -0.2) is 0 Å². The van der Waals surface area contributed by atoms with Gasteiger partial charge in [0, 0.05) is 17.6 Å². The van der Waals surface area contributed by atoms with Gasteiger partial charge in [-0.05, 0) is 31.6 Å². The molecule has 2 nitrogen and oxygen atoms in total. The highest BCUT2D eigenvalue weighted by molar-refractivity contribution is 7.80. The first-order valence-electron chi connectivity index (χ1n) is 6.80. The Hall–Kier alpha value is -0.700. The molecule has 0 spiro atoms. The Bertz CT molecular complexity index is 415. The molecule has 0 aromatic heterocycles. The van der Waals surface area contributed by atoms with Crippen LogP contribution in [0.4, 0.5) is 0 Å². The second-order valence-electron chi connectivity index (χ2n) is 5.88. The van der Waals surface area contributed by atoms with E-state index in [4.69, 9.17) is 4.74 Å². The van der Waals surface area contributed by atoms with Crippen LogP contribution in [-0.4, -0.2) is 17.8 Å². The number of carbonyl (C=O) groups is 1. The molecule has 1 heterocycles. The van der Waals surface area contributed by atoms with E-state index in [-0.39, 0.29) is 18.0 Å². The second-order valence-corrected chi connectivity index (χ2v) is 6.25. The maximum atomic E-state index is 11.9. The third-order valence-electron chi connectivity index (χ3n) is 5.05. The summed E-state index contributed by atoms with van der Waals surface area (Å²) >= 11 is 4.32. The Kier molecular flexibility index (Phi) is 3.05. The van der Waals surface area contributed by atoms with Gasteiger partial charge < -0.3 is 4.74 Å². The molecule has 2 aliphatic carbocycles. The second kappa shape index (κ2) is 4.44. The molecule has 0 bridgehead atoms. The molecule has 1 aliphatic heterocycles. The highest BCUT2D eigenvalue weighted by Crippen LogP contribution is 2.52. The summed E-state index contributed by atoms with van der Waals surface area (Å²) in [5.41, 5.74) is 2.59. The fourth-order valence-corrected chi connectivity index (χ4v) is 4.48. The van der Waals surface area contributed by atoms with Crippen molar-refractivity contribution in [3.8, 4) is 0 Å². The average Bonchev–Trinajstić information content (AvgIpc) is 2.82. The molecule has 1 saturated heterocycles. The first-order chi connectivity index (χ1) is 8.63. The minimum atomic E-state index is -0.0500. The molecular formula is C15H20O2S. The van der Waals surface area contributed by atoms with E-state index in [1.54, 1.807) is 0 Å². The summed E-state index contributed by atoms with van der Waals surface area (Å²) in [5, 5.41) is 0. The van der Waals surface area contributed by atoms with Gasteiger partial charge in [0.2, 0.25) is 0 Å². The summed E-state index contributed by atoms with van der Waals surface area (Å²) in [6.07, 6.45) is 4.26. The van der Waals surface area contributed by atoms with Gasteiger partial charge in [-0.3, -0.25) is 4.79 Å². The van der Waals surface area contributed by atoms with Crippen molar-refractivity contribution in [1.29, 1.82) is 0 Å². The fourth-order valence-electron chi connectivity index (χ4n) is 4.06. The Labute approximate surface area is 114 Å². The normalized spacial score (nSPS) is 43.4. The lowest BCUT2D eigenvalue weighted by atomic mass is 9.80. The standard InChI is InChI=1S/C15H20O2S/c1-8-3-6-11-12(7-18)15(16)17-14(11)13-9(2)4-5-10(8)13/h10-14,18H,1-7H2/t10-,11+,12+,13-,14-/m0/s1. The third kappa shape index (κ3) is 1.67. The van der Waals surface area contributed by atoms with Gasteiger partial charge in [-0.1, -0.05) is 24.3 Å². The van der Waals surface area contributed by atoms with Gasteiger partial charge in [0.15, 0.2) is 0 Å². The van der Waals surface area contributed by atoms with Gasteiger partial charge in [-0.15, -0.1) is 0 Å². The van der Waals surface area contributed by atoms with Crippen LogP contribution in [0, 0.1) is 23.7 Å². The zero-order valence-electron chi connectivity index (χ0n) is 10.6. The molecule has 0 N–H and O–H groups in total. The van der Waals surface area contributed by atoms with E-state index in [1.807, 2.05) is 0 Å². The van der Waals surface area contributed by atoms with Crippen molar-refractivity contribution in [2.24, 2.45) is 23.7 Å². The van der Waals surface area contributed by atoms with Crippen LogP contribution in [0.25, 0.3) is 0 Å². The quantitative estimate of drug-likeness (QED) is 0.447. The number of fused-ring (bicyclic) bond motifs is 3. The van der Waals surface area contributed by atoms with Gasteiger partial charge in [0.05, 0.1) is 5.92 Å². The van der Waals surface area contributed by atoms with Crippen molar-refractivity contribution in [1.82, 2.24) is 0 Å². The minimum Gasteiger partial charge on any atom is -0.461 e. The molecule has 98 valence electrons. The monoisotopic (exact) mass is 264 g/mol. The zero-order chi connectivity index (χ0) is 12.9. The molecule has 3 rings (SSSR count). The van der Waals surface area contributed by atoms with Crippen LogP contribution in [0.2, 0.25) is 0 Å². The van der Waals surface area contributed by atoms with Crippen molar-refractivity contribution in [3.05, 3.63) is 24.3 Å². The molecule has 0 aromatic carbocycles. The molecule has 2 saturated carbocycles. The van der Waals surface area contributed by atoms with Crippen molar-refractivity contribution in [3.63, 3.8) is 0 Å². The van der Waals surface area contributed by atoms with E-state index in [9.17, 15) is 4.79 Å². The molecule has 0 aromatic rings. The maximum Gasteiger partial charge on any atom is 0.310 e. The van der Waals surface area contributed by atoms with Crippen LogP contribution >= 0.6 is 12.6 Å². The van der Waals surface area contributed by atoms with Crippen molar-refractivity contribution >= 4 is 18.6 Å². The van der Waals surface area contributed by atoms with Gasteiger partial charge in [0.1, 0.15) is 6.10 Å². The van der Waals surface area contributed by atoms with E-state index < -0.39 is 0 Å². The largest absolute Gasteiger partial charge is 0.461 e. The Morgan fingerprint density at radius 2 is 1.94 bits per heavy atom. The predicted octanol–water partition coefficient (Wildman–Crippen LogP) is 3.01. The molecule has 5 atom stereocenters. The lowest BCUT2D eigenvalue weighted by Crippen LogP contribution is -2.30. The first kappa shape index (κ1) is 12.3. The molecule has 0 amide bonds. The molecular weight excluding hydrogens is 244 g/mol. The molecule has 0 radical (unpaired) electrons. The number of ether oxygens (including phenoxy) is 1. The molecule has 3 aliphatic rings. The Morgan fingerprint density at radius 1 is 1.22 bits per heavy atom. The van der Waals surface area contributed by atoms with Gasteiger partial charge >= 0.3 is 5.97 Å². The fraction of sp³-hybridized carbons (Fsp3) is 0.667. The summed E-state index contributed by atoms with van der Waals surface area (Å²) in [4.78, 5) is 11.9. The number of thiol groups is 1. The van der Waals surface area contributed by atoms with Crippen LogP contribution < -0.4 is 0 Å². The third-order valence-corrected chi connectivity index (χ3v) is 5.44. The number of esters is 1. The lowest BCUT2D eigenvalue weighted by molar-refractivity contribution is -0.145. The van der Waals surface area contributed by atoms with E-state index in [2.05, 4.69) is 25.8 Å². The average molecular weight is 264 g/mol. The van der Waals surface area contributed by atoms with Crippen molar-refractivity contribution in [2.75, 3.05) is 5.75 Å².